The Kier molecular flexibility index (Phi) is 4.04. The average Bonchev–Trinajstić information content (AvgIpc) is 1.98. The van der Waals surface area contributed by atoms with Gasteiger partial charge >= 0.3 is 0 Å². The molecular weight excluding hydrogens is 130 g/mol. The van der Waals surface area contributed by atoms with Gasteiger partial charge in [-0.2, -0.15) is 0 Å². The lowest BCUT2D eigenvalue weighted by molar-refractivity contribution is -0.115. The zero-order valence-electron chi connectivity index (χ0n) is 5.59. The second kappa shape index (κ2) is 4.61. The molecule has 0 spiro atoms. The summed E-state index contributed by atoms with van der Waals surface area (Å²) < 4.78 is 0. The number of rotatable bonds is 5. The summed E-state index contributed by atoms with van der Waals surface area (Å²) in [5.74, 6) is -0.331. The van der Waals surface area contributed by atoms with Crippen LogP contribution in [-0.4, -0.2) is 17.8 Å². The van der Waals surface area contributed by atoms with E-state index in [0.29, 0.717) is 6.29 Å². The molecule has 3 nitrogen and oxygen atoms in total. The van der Waals surface area contributed by atoms with Gasteiger partial charge in [0.15, 0.2) is 5.78 Å². The Morgan fingerprint density at radius 2 is 2.20 bits per heavy atom. The smallest absolute Gasteiger partial charge is 0.180 e. The van der Waals surface area contributed by atoms with Crippen LogP contribution < -0.4 is 0 Å². The first-order valence-electron chi connectivity index (χ1n) is 2.90. The first kappa shape index (κ1) is 8.75. The van der Waals surface area contributed by atoms with Crippen LogP contribution in [0, 0.1) is 5.41 Å². The summed E-state index contributed by atoms with van der Waals surface area (Å²) in [6, 6.07) is 0. The van der Waals surface area contributed by atoms with Crippen LogP contribution in [0.5, 0.6) is 0 Å². The lowest BCUT2D eigenvalue weighted by Crippen LogP contribution is -2.09. The number of ketones is 1. The highest BCUT2D eigenvalue weighted by atomic mass is 16.1. The quantitative estimate of drug-likeness (QED) is 0.451. The molecule has 54 valence electrons. The van der Waals surface area contributed by atoms with E-state index in [1.807, 2.05) is 0 Å². The molecule has 0 heterocycles. The van der Waals surface area contributed by atoms with Crippen molar-refractivity contribution in [3.05, 3.63) is 12.7 Å². The highest BCUT2D eigenvalue weighted by Crippen LogP contribution is 1.89. The van der Waals surface area contributed by atoms with E-state index < -0.39 is 0 Å². The maximum Gasteiger partial charge on any atom is 0.180 e. The van der Waals surface area contributed by atoms with Gasteiger partial charge in [-0.25, -0.2) is 0 Å². The molecule has 0 bridgehead atoms. The van der Waals surface area contributed by atoms with Crippen molar-refractivity contribution in [2.75, 3.05) is 0 Å². The molecule has 0 radical (unpaired) electrons. The molecule has 0 atom stereocenters. The minimum atomic E-state index is -0.331. The van der Waals surface area contributed by atoms with Crippen LogP contribution in [0.4, 0.5) is 0 Å². The molecule has 0 aromatic carbocycles. The number of hydrogen-bond acceptors (Lipinski definition) is 3. The van der Waals surface area contributed by atoms with Crippen molar-refractivity contribution in [3.8, 4) is 0 Å². The van der Waals surface area contributed by atoms with Gasteiger partial charge in [0.1, 0.15) is 6.29 Å². The van der Waals surface area contributed by atoms with Crippen molar-refractivity contribution >= 4 is 17.8 Å². The third-order valence-electron chi connectivity index (χ3n) is 0.994. The van der Waals surface area contributed by atoms with E-state index in [2.05, 4.69) is 6.58 Å². The summed E-state index contributed by atoms with van der Waals surface area (Å²) in [6.45, 7) is 3.26. The summed E-state index contributed by atoms with van der Waals surface area (Å²) in [4.78, 5) is 20.4. The molecule has 0 fully saturated rings. The molecular formula is C7H9NO2. The molecule has 0 aliphatic rings. The standard InChI is InChI=1S/C7H9NO2/c1-2-6(8)7(10)4-3-5-9/h2,5,8H,1,3-4H2. The van der Waals surface area contributed by atoms with Crippen molar-refractivity contribution in [1.29, 1.82) is 5.41 Å². The molecule has 0 amide bonds. The normalized spacial score (nSPS) is 8.40. The third-order valence-corrected chi connectivity index (χ3v) is 0.994. The Labute approximate surface area is 59.2 Å². The fourth-order valence-electron chi connectivity index (χ4n) is 0.439. The minimum Gasteiger partial charge on any atom is -0.303 e. The Hall–Kier alpha value is -1.25. The lowest BCUT2D eigenvalue weighted by atomic mass is 10.1. The van der Waals surface area contributed by atoms with Crippen LogP contribution in [-0.2, 0) is 9.59 Å². The summed E-state index contributed by atoms with van der Waals surface area (Å²) in [6.07, 6.45) is 2.14. The number of carbonyl (C=O) groups excluding carboxylic acids is 2. The fourth-order valence-corrected chi connectivity index (χ4v) is 0.439. The molecule has 0 saturated carbocycles. The first-order valence-corrected chi connectivity index (χ1v) is 2.90. The van der Waals surface area contributed by atoms with Gasteiger partial charge in [0, 0.05) is 12.8 Å². The van der Waals surface area contributed by atoms with Crippen LogP contribution >= 0.6 is 0 Å². The molecule has 0 aromatic heterocycles. The number of aldehydes is 1. The summed E-state index contributed by atoms with van der Waals surface area (Å²) in [5, 5.41) is 6.94. The molecule has 0 aliphatic heterocycles. The first-order chi connectivity index (χ1) is 4.72. The number of hydrogen-bond donors (Lipinski definition) is 1. The molecule has 0 aromatic rings. The zero-order valence-corrected chi connectivity index (χ0v) is 5.59. The van der Waals surface area contributed by atoms with Crippen LogP contribution in [0.25, 0.3) is 0 Å². The second-order valence-corrected chi connectivity index (χ2v) is 1.75. The van der Waals surface area contributed by atoms with E-state index in [-0.39, 0.29) is 24.3 Å². The molecule has 0 saturated heterocycles. The van der Waals surface area contributed by atoms with E-state index in [9.17, 15) is 9.59 Å². The van der Waals surface area contributed by atoms with Gasteiger partial charge < -0.3 is 4.79 Å². The summed E-state index contributed by atoms with van der Waals surface area (Å²) in [7, 11) is 0. The van der Waals surface area contributed by atoms with Crippen molar-refractivity contribution in [1.82, 2.24) is 0 Å². The van der Waals surface area contributed by atoms with E-state index in [0.717, 1.165) is 0 Å². The lowest BCUT2D eigenvalue weighted by Gasteiger charge is -1.91. The number of carbonyl (C=O) groups is 2. The highest BCUT2D eigenvalue weighted by Gasteiger charge is 2.03. The monoisotopic (exact) mass is 139 g/mol. The Morgan fingerprint density at radius 1 is 1.60 bits per heavy atom. The Morgan fingerprint density at radius 3 is 2.60 bits per heavy atom. The maximum atomic E-state index is 10.7. The average molecular weight is 139 g/mol. The highest BCUT2D eigenvalue weighted by molar-refractivity contribution is 6.42. The van der Waals surface area contributed by atoms with E-state index in [1.54, 1.807) is 0 Å². The van der Waals surface area contributed by atoms with Crippen molar-refractivity contribution < 1.29 is 9.59 Å². The van der Waals surface area contributed by atoms with Crippen molar-refractivity contribution in [2.24, 2.45) is 0 Å². The SMILES string of the molecule is C=CC(=N)C(=O)CCC=O. The summed E-state index contributed by atoms with van der Waals surface area (Å²) >= 11 is 0. The van der Waals surface area contributed by atoms with Gasteiger partial charge in [-0.1, -0.05) is 6.58 Å². The Balaban J connectivity index is 3.73. The van der Waals surface area contributed by atoms with E-state index in [4.69, 9.17) is 5.41 Å². The van der Waals surface area contributed by atoms with Crippen molar-refractivity contribution in [3.63, 3.8) is 0 Å². The van der Waals surface area contributed by atoms with Gasteiger partial charge in [-0.3, -0.25) is 10.2 Å². The molecule has 0 aliphatic carbocycles. The molecule has 0 unspecified atom stereocenters. The second-order valence-electron chi connectivity index (χ2n) is 1.75. The Bertz CT molecular complexity index is 172. The zero-order chi connectivity index (χ0) is 7.98. The van der Waals surface area contributed by atoms with Gasteiger partial charge in [-0.05, 0) is 6.08 Å². The van der Waals surface area contributed by atoms with Crippen LogP contribution in [0.3, 0.4) is 0 Å². The number of nitrogens with one attached hydrogen (secondary N) is 1. The third kappa shape index (κ3) is 2.91. The predicted octanol–water partition coefficient (Wildman–Crippen LogP) is 0.740. The van der Waals surface area contributed by atoms with Crippen LogP contribution in [0.2, 0.25) is 0 Å². The molecule has 10 heavy (non-hydrogen) atoms. The summed E-state index contributed by atoms with van der Waals surface area (Å²) in [5.41, 5.74) is -0.123. The number of Topliss-reactive ketones (excluding diaryl/α,β-unsaturated/α-hetero) is 1. The van der Waals surface area contributed by atoms with Gasteiger partial charge in [-0.15, -0.1) is 0 Å². The van der Waals surface area contributed by atoms with Gasteiger partial charge in [0.05, 0.1) is 5.71 Å². The van der Waals surface area contributed by atoms with E-state index >= 15 is 0 Å². The van der Waals surface area contributed by atoms with Gasteiger partial charge in [0.2, 0.25) is 0 Å². The molecule has 1 N–H and O–H groups in total. The predicted molar refractivity (Wildman–Crippen MR) is 38.2 cm³/mol. The number of allylic oxidation sites excluding steroid dienone is 1. The van der Waals surface area contributed by atoms with Crippen LogP contribution in [0.15, 0.2) is 12.7 Å². The topological polar surface area (TPSA) is 58.0 Å². The van der Waals surface area contributed by atoms with E-state index in [1.165, 1.54) is 6.08 Å². The minimum absolute atomic E-state index is 0.119. The largest absolute Gasteiger partial charge is 0.303 e. The molecule has 0 rings (SSSR count). The van der Waals surface area contributed by atoms with Gasteiger partial charge in [0.25, 0.3) is 0 Å². The van der Waals surface area contributed by atoms with Crippen molar-refractivity contribution in [2.45, 2.75) is 12.8 Å². The molecule has 3 heteroatoms. The maximum absolute atomic E-state index is 10.7. The van der Waals surface area contributed by atoms with Crippen LogP contribution in [0.1, 0.15) is 12.8 Å². The fraction of sp³-hybridized carbons (Fsp3) is 0.286.